The third kappa shape index (κ3) is 1.05. The molecule has 0 aromatic carbocycles. The molecule has 2 rings (SSSR count). The third-order valence-corrected chi connectivity index (χ3v) is 2.20. The number of rotatable bonds is 2. The van der Waals surface area contributed by atoms with E-state index >= 15 is 0 Å². The molecule has 1 fully saturated rings. The van der Waals surface area contributed by atoms with Crippen molar-refractivity contribution in [3.63, 3.8) is 0 Å². The van der Waals surface area contributed by atoms with Crippen LogP contribution in [-0.2, 0) is 6.54 Å². The maximum absolute atomic E-state index is 5.46. The van der Waals surface area contributed by atoms with Gasteiger partial charge in [0, 0.05) is 18.0 Å². The van der Waals surface area contributed by atoms with E-state index in [0.29, 0.717) is 12.5 Å². The molecule has 3 heteroatoms. The van der Waals surface area contributed by atoms with Gasteiger partial charge in [-0.25, -0.2) is 0 Å². The second-order valence-corrected chi connectivity index (χ2v) is 3.10. The van der Waals surface area contributed by atoms with E-state index in [1.54, 1.807) is 0 Å². The molecule has 0 radical (unpaired) electrons. The van der Waals surface area contributed by atoms with Crippen LogP contribution in [0.1, 0.15) is 35.8 Å². The first-order chi connectivity index (χ1) is 5.33. The number of hydrogen-bond acceptors (Lipinski definition) is 3. The van der Waals surface area contributed by atoms with Gasteiger partial charge in [0.2, 0.25) is 0 Å². The van der Waals surface area contributed by atoms with Gasteiger partial charge < -0.3 is 10.3 Å². The fraction of sp³-hybridized carbons (Fsp3) is 0.625. The van der Waals surface area contributed by atoms with Crippen molar-refractivity contribution >= 4 is 0 Å². The highest BCUT2D eigenvalue weighted by molar-refractivity contribution is 5.26. The fourth-order valence-corrected chi connectivity index (χ4v) is 1.30. The normalized spacial score (nSPS) is 17.3. The smallest absolute Gasteiger partial charge is 0.143 e. The topological polar surface area (TPSA) is 52.0 Å². The lowest BCUT2D eigenvalue weighted by Crippen LogP contribution is -1.98. The Kier molecular flexibility index (Phi) is 1.46. The zero-order chi connectivity index (χ0) is 7.84. The molecule has 60 valence electrons. The van der Waals surface area contributed by atoms with Crippen molar-refractivity contribution in [1.82, 2.24) is 5.16 Å². The summed E-state index contributed by atoms with van der Waals surface area (Å²) in [6.07, 6.45) is 2.50. The van der Waals surface area contributed by atoms with Crippen LogP contribution in [0.25, 0.3) is 0 Å². The van der Waals surface area contributed by atoms with E-state index in [-0.39, 0.29) is 0 Å². The zero-order valence-electron chi connectivity index (χ0n) is 6.63. The molecule has 2 N–H and O–H groups in total. The summed E-state index contributed by atoms with van der Waals surface area (Å²) in [7, 11) is 0. The zero-order valence-corrected chi connectivity index (χ0v) is 6.63. The molecule has 3 nitrogen and oxygen atoms in total. The molecule has 0 amide bonds. The van der Waals surface area contributed by atoms with Gasteiger partial charge in [-0.3, -0.25) is 0 Å². The minimum Gasteiger partial charge on any atom is -0.361 e. The molecule has 0 bridgehead atoms. The van der Waals surface area contributed by atoms with Gasteiger partial charge in [0.25, 0.3) is 0 Å². The molecule has 1 aliphatic carbocycles. The molecule has 0 saturated heterocycles. The maximum Gasteiger partial charge on any atom is 0.143 e. The van der Waals surface area contributed by atoms with Gasteiger partial charge in [0.05, 0.1) is 0 Å². The van der Waals surface area contributed by atoms with E-state index in [1.807, 2.05) is 6.92 Å². The number of nitrogens with zero attached hydrogens (tertiary/aromatic N) is 1. The van der Waals surface area contributed by atoms with Crippen LogP contribution in [0, 0.1) is 6.92 Å². The quantitative estimate of drug-likeness (QED) is 0.695. The number of hydrogen-bond donors (Lipinski definition) is 1. The predicted molar refractivity (Wildman–Crippen MR) is 41.1 cm³/mol. The lowest BCUT2D eigenvalue weighted by molar-refractivity contribution is 0.377. The molecule has 1 aliphatic rings. The van der Waals surface area contributed by atoms with Gasteiger partial charge in [0.15, 0.2) is 0 Å². The monoisotopic (exact) mass is 152 g/mol. The van der Waals surface area contributed by atoms with E-state index in [9.17, 15) is 0 Å². The van der Waals surface area contributed by atoms with Crippen LogP contribution in [0.15, 0.2) is 4.52 Å². The molecule has 0 aliphatic heterocycles. The minimum atomic E-state index is 0.488. The van der Waals surface area contributed by atoms with E-state index in [1.165, 1.54) is 12.8 Å². The summed E-state index contributed by atoms with van der Waals surface area (Å²) in [6.45, 7) is 2.52. The Hall–Kier alpha value is -0.830. The van der Waals surface area contributed by atoms with E-state index in [4.69, 9.17) is 10.3 Å². The predicted octanol–water partition coefficient (Wildman–Crippen LogP) is 1.32. The second kappa shape index (κ2) is 2.34. The van der Waals surface area contributed by atoms with Crippen LogP contribution < -0.4 is 5.73 Å². The average molecular weight is 152 g/mol. The highest BCUT2D eigenvalue weighted by Gasteiger charge is 2.30. The van der Waals surface area contributed by atoms with Crippen molar-refractivity contribution in [3.05, 3.63) is 17.0 Å². The van der Waals surface area contributed by atoms with Crippen molar-refractivity contribution in [2.75, 3.05) is 0 Å². The largest absolute Gasteiger partial charge is 0.361 e. The van der Waals surface area contributed by atoms with Gasteiger partial charge in [-0.05, 0) is 19.8 Å². The van der Waals surface area contributed by atoms with Crippen LogP contribution in [0.4, 0.5) is 0 Å². The van der Waals surface area contributed by atoms with Crippen molar-refractivity contribution in [3.8, 4) is 0 Å². The summed E-state index contributed by atoms with van der Waals surface area (Å²) in [5.74, 6) is 1.70. The van der Waals surface area contributed by atoms with Crippen molar-refractivity contribution < 1.29 is 4.52 Å². The van der Waals surface area contributed by atoms with E-state index < -0.39 is 0 Å². The Bertz CT molecular complexity index is 263. The number of nitrogens with two attached hydrogens (primary N) is 1. The van der Waals surface area contributed by atoms with Gasteiger partial charge in [-0.15, -0.1) is 0 Å². The summed E-state index contributed by atoms with van der Waals surface area (Å²) in [4.78, 5) is 0. The van der Waals surface area contributed by atoms with Gasteiger partial charge in [-0.1, -0.05) is 5.16 Å². The van der Waals surface area contributed by atoms with Crippen LogP contribution in [0.2, 0.25) is 0 Å². The molecule has 1 aromatic rings. The summed E-state index contributed by atoms with van der Waals surface area (Å²) in [5, 5.41) is 3.90. The summed E-state index contributed by atoms with van der Waals surface area (Å²) >= 11 is 0. The number of aromatic nitrogens is 1. The standard InChI is InChI=1S/C8H12N2O/c1-5-7(4-9)10-11-8(5)6-2-3-6/h6H,2-4,9H2,1H3. The summed E-state index contributed by atoms with van der Waals surface area (Å²) in [5.41, 5.74) is 7.53. The Morgan fingerprint density at radius 1 is 1.64 bits per heavy atom. The van der Waals surface area contributed by atoms with Gasteiger partial charge in [-0.2, -0.15) is 0 Å². The average Bonchev–Trinajstić information content (AvgIpc) is 2.77. The minimum absolute atomic E-state index is 0.488. The van der Waals surface area contributed by atoms with Crippen molar-refractivity contribution in [2.24, 2.45) is 5.73 Å². The Labute approximate surface area is 65.6 Å². The lowest BCUT2D eigenvalue weighted by Gasteiger charge is -1.90. The first-order valence-electron chi connectivity index (χ1n) is 3.98. The third-order valence-electron chi connectivity index (χ3n) is 2.20. The molecule has 1 saturated carbocycles. The Balaban J connectivity index is 2.33. The Morgan fingerprint density at radius 3 is 2.82 bits per heavy atom. The lowest BCUT2D eigenvalue weighted by atomic mass is 10.1. The molecule has 1 aromatic heterocycles. The van der Waals surface area contributed by atoms with E-state index in [2.05, 4.69) is 5.16 Å². The highest BCUT2D eigenvalue weighted by atomic mass is 16.5. The highest BCUT2D eigenvalue weighted by Crippen LogP contribution is 2.41. The van der Waals surface area contributed by atoms with Gasteiger partial charge in [0.1, 0.15) is 11.5 Å². The SMILES string of the molecule is Cc1c(CN)noc1C1CC1. The molecular formula is C8H12N2O. The summed E-state index contributed by atoms with van der Waals surface area (Å²) < 4.78 is 5.18. The van der Waals surface area contributed by atoms with Crippen LogP contribution in [0.3, 0.4) is 0 Å². The Morgan fingerprint density at radius 2 is 2.36 bits per heavy atom. The molecular weight excluding hydrogens is 140 g/mol. The first kappa shape index (κ1) is 6.85. The van der Waals surface area contributed by atoms with Crippen molar-refractivity contribution in [2.45, 2.75) is 32.2 Å². The van der Waals surface area contributed by atoms with E-state index in [0.717, 1.165) is 17.0 Å². The molecule has 0 atom stereocenters. The molecule has 11 heavy (non-hydrogen) atoms. The molecule has 0 unspecified atom stereocenters. The van der Waals surface area contributed by atoms with Crippen LogP contribution in [-0.4, -0.2) is 5.16 Å². The van der Waals surface area contributed by atoms with Crippen molar-refractivity contribution in [1.29, 1.82) is 0 Å². The summed E-state index contributed by atoms with van der Waals surface area (Å²) in [6, 6.07) is 0. The first-order valence-corrected chi connectivity index (χ1v) is 3.98. The van der Waals surface area contributed by atoms with Crippen LogP contribution >= 0.6 is 0 Å². The van der Waals surface area contributed by atoms with Crippen LogP contribution in [0.5, 0.6) is 0 Å². The fourth-order valence-electron chi connectivity index (χ4n) is 1.30. The van der Waals surface area contributed by atoms with Gasteiger partial charge >= 0.3 is 0 Å². The molecule has 1 heterocycles. The maximum atomic E-state index is 5.46. The second-order valence-electron chi connectivity index (χ2n) is 3.10. The molecule has 0 spiro atoms.